The third kappa shape index (κ3) is 15.2. The van der Waals surface area contributed by atoms with E-state index < -0.39 is 33.8 Å². The molecule has 0 fully saturated rings. The van der Waals surface area contributed by atoms with Gasteiger partial charge in [0.2, 0.25) is 0 Å². The van der Waals surface area contributed by atoms with Crippen LogP contribution in [0.4, 0.5) is 5.69 Å². The van der Waals surface area contributed by atoms with E-state index in [1.807, 2.05) is 0 Å². The summed E-state index contributed by atoms with van der Waals surface area (Å²) in [5, 5.41) is 24.0. The van der Waals surface area contributed by atoms with Crippen LogP contribution in [0.3, 0.4) is 0 Å². The Balaban J connectivity index is 2.32. The number of aliphatic hydroxyl groups excluding tert-OH is 1. The van der Waals surface area contributed by atoms with Crippen molar-refractivity contribution in [3.8, 4) is 0 Å². The first-order valence-electron chi connectivity index (χ1n) is 13.4. The fourth-order valence-electron chi connectivity index (χ4n) is 4.02. The summed E-state index contributed by atoms with van der Waals surface area (Å²) in [7, 11) is 0. The largest absolute Gasteiger partial charge is 0.463 e. The van der Waals surface area contributed by atoms with Crippen molar-refractivity contribution in [3.63, 3.8) is 0 Å². The number of esters is 1. The smallest absolute Gasteiger partial charge is 0.305 e. The lowest BCUT2D eigenvalue weighted by atomic mass is 10.0. The van der Waals surface area contributed by atoms with Crippen molar-refractivity contribution >= 4 is 40.8 Å². The normalized spacial score (nSPS) is 12.8. The van der Waals surface area contributed by atoms with Crippen molar-refractivity contribution in [2.75, 3.05) is 6.61 Å². The zero-order valence-electron chi connectivity index (χ0n) is 21.8. The lowest BCUT2D eigenvalue weighted by molar-refractivity contribution is -0.384. The van der Waals surface area contributed by atoms with Gasteiger partial charge >= 0.3 is 5.97 Å². The van der Waals surface area contributed by atoms with Gasteiger partial charge in [0.1, 0.15) is 12.7 Å². The topological polar surface area (TPSA) is 119 Å². The summed E-state index contributed by atoms with van der Waals surface area (Å²) < 4.78 is 5.29. The lowest BCUT2D eigenvalue weighted by Crippen LogP contribution is -2.45. The maximum atomic E-state index is 12.2. The van der Waals surface area contributed by atoms with Gasteiger partial charge in [-0.3, -0.25) is 19.7 Å². The maximum absolute atomic E-state index is 12.2. The van der Waals surface area contributed by atoms with Gasteiger partial charge in [0.25, 0.3) is 11.6 Å². The van der Waals surface area contributed by atoms with Crippen LogP contribution < -0.4 is 5.32 Å². The molecule has 0 aliphatic rings. The van der Waals surface area contributed by atoms with Gasteiger partial charge in [-0.25, -0.2) is 0 Å². The Morgan fingerprint density at radius 1 is 0.919 bits per heavy atom. The fraction of sp³-hybridized carbons (Fsp3) is 0.704. The first-order valence-corrected chi connectivity index (χ1v) is 14.3. The first kappa shape index (κ1) is 33.1. The van der Waals surface area contributed by atoms with E-state index in [-0.39, 0.29) is 18.7 Å². The molecule has 0 aliphatic heterocycles. The van der Waals surface area contributed by atoms with Crippen LogP contribution in [0.1, 0.15) is 108 Å². The molecule has 210 valence electrons. The minimum Gasteiger partial charge on any atom is -0.463 e. The molecule has 37 heavy (non-hydrogen) atoms. The van der Waals surface area contributed by atoms with Gasteiger partial charge in [-0.05, 0) is 24.1 Å². The molecule has 0 spiro atoms. The minimum absolute atomic E-state index is 0.137. The van der Waals surface area contributed by atoms with E-state index in [9.17, 15) is 24.8 Å². The summed E-state index contributed by atoms with van der Waals surface area (Å²) in [5.74, 6) is -1.17. The summed E-state index contributed by atoms with van der Waals surface area (Å²) in [6, 6.07) is 4.20. The Morgan fingerprint density at radius 2 is 1.41 bits per heavy atom. The van der Waals surface area contributed by atoms with Crippen LogP contribution in [0.5, 0.6) is 0 Å². The van der Waals surface area contributed by atoms with Gasteiger partial charge in [-0.1, -0.05) is 107 Å². The second-order valence-corrected chi connectivity index (χ2v) is 10.5. The summed E-state index contributed by atoms with van der Waals surface area (Å²) in [4.78, 5) is 33.1. The molecular formula is C27H42Cl2N2O6. The Morgan fingerprint density at radius 3 is 1.86 bits per heavy atom. The molecule has 0 saturated carbocycles. The number of non-ortho nitro benzene ring substituents is 1. The van der Waals surface area contributed by atoms with Crippen molar-refractivity contribution in [1.82, 2.24) is 5.32 Å². The highest BCUT2D eigenvalue weighted by Gasteiger charge is 2.27. The number of carbonyl (C=O) groups excluding carboxylic acids is 2. The van der Waals surface area contributed by atoms with E-state index in [1.165, 1.54) is 88.5 Å². The minimum atomic E-state index is -1.37. The molecule has 0 radical (unpaired) electrons. The van der Waals surface area contributed by atoms with Crippen molar-refractivity contribution in [3.05, 3.63) is 39.9 Å². The number of rotatable bonds is 21. The van der Waals surface area contributed by atoms with Crippen molar-refractivity contribution in [2.24, 2.45) is 0 Å². The molecule has 0 heterocycles. The molecule has 0 saturated heterocycles. The standard InChI is InChI=1S/C27H42Cl2N2O6/c1-2-3-4-5-6-7-8-9-10-11-12-13-14-15-24(32)37-20-23(30-27(34)26(28)29)25(33)21-16-18-22(19-17-21)31(35)36/h16-19,23,25-26,33H,2-15,20H2,1H3,(H,30,34)/t23-,25+/m1/s1. The van der Waals surface area contributed by atoms with Gasteiger partial charge in [-0.2, -0.15) is 0 Å². The molecule has 1 amide bonds. The number of nitro benzene ring substituents is 1. The van der Waals surface area contributed by atoms with E-state index in [2.05, 4.69) is 12.2 Å². The predicted molar refractivity (Wildman–Crippen MR) is 147 cm³/mol. The Kier molecular flexibility index (Phi) is 18.0. The van der Waals surface area contributed by atoms with E-state index in [4.69, 9.17) is 27.9 Å². The van der Waals surface area contributed by atoms with Crippen LogP contribution in [0.2, 0.25) is 0 Å². The highest BCUT2D eigenvalue weighted by molar-refractivity contribution is 6.53. The molecule has 2 N–H and O–H groups in total. The number of amides is 1. The molecule has 1 rings (SSSR count). The summed E-state index contributed by atoms with van der Waals surface area (Å²) in [6.07, 6.45) is 14.7. The van der Waals surface area contributed by atoms with Gasteiger partial charge in [0, 0.05) is 18.6 Å². The number of nitrogens with one attached hydrogen (secondary N) is 1. The van der Waals surface area contributed by atoms with E-state index in [0.29, 0.717) is 12.0 Å². The number of halogens is 2. The van der Waals surface area contributed by atoms with Gasteiger partial charge < -0.3 is 15.2 Å². The van der Waals surface area contributed by atoms with Crippen LogP contribution in [-0.2, 0) is 14.3 Å². The highest BCUT2D eigenvalue weighted by Crippen LogP contribution is 2.22. The average molecular weight is 562 g/mol. The Hall–Kier alpha value is -1.90. The zero-order valence-corrected chi connectivity index (χ0v) is 23.4. The third-order valence-corrected chi connectivity index (χ3v) is 6.66. The van der Waals surface area contributed by atoms with Crippen molar-refractivity contribution in [2.45, 2.75) is 114 Å². The quantitative estimate of drug-likeness (QED) is 0.0552. The van der Waals surface area contributed by atoms with Gasteiger partial charge in [-0.15, -0.1) is 0 Å². The van der Waals surface area contributed by atoms with Gasteiger partial charge in [0.15, 0.2) is 4.84 Å². The molecule has 0 bridgehead atoms. The van der Waals surface area contributed by atoms with Crippen LogP contribution in [0, 0.1) is 10.1 Å². The van der Waals surface area contributed by atoms with E-state index in [0.717, 1.165) is 12.8 Å². The number of alkyl halides is 2. The SMILES string of the molecule is CCCCCCCCCCCCCCCC(=O)OC[C@@H](NC(=O)C(Cl)Cl)[C@@H](O)c1ccc([N+](=O)[O-])cc1. The highest BCUT2D eigenvalue weighted by atomic mass is 35.5. The zero-order chi connectivity index (χ0) is 27.5. The fourth-order valence-corrected chi connectivity index (χ4v) is 4.15. The lowest BCUT2D eigenvalue weighted by Gasteiger charge is -2.24. The monoisotopic (exact) mass is 560 g/mol. The average Bonchev–Trinajstić information content (AvgIpc) is 2.88. The summed E-state index contributed by atoms with van der Waals surface area (Å²) >= 11 is 11.2. The summed E-state index contributed by atoms with van der Waals surface area (Å²) in [6.45, 7) is 1.94. The third-order valence-electron chi connectivity index (χ3n) is 6.26. The molecule has 1 aromatic carbocycles. The van der Waals surface area contributed by atoms with E-state index >= 15 is 0 Å². The molecule has 1 aromatic rings. The van der Waals surface area contributed by atoms with Crippen LogP contribution in [-0.4, -0.2) is 39.4 Å². The summed E-state index contributed by atoms with van der Waals surface area (Å²) in [5.41, 5.74) is 0.173. The number of nitro groups is 1. The number of carbonyl (C=O) groups is 2. The van der Waals surface area contributed by atoms with Crippen LogP contribution in [0.25, 0.3) is 0 Å². The molecular weight excluding hydrogens is 519 g/mol. The number of ether oxygens (including phenoxy) is 1. The molecule has 0 aromatic heterocycles. The number of aliphatic hydroxyl groups is 1. The molecule has 10 heteroatoms. The number of hydrogen-bond donors (Lipinski definition) is 2. The second-order valence-electron chi connectivity index (χ2n) is 9.38. The Labute approximate surface area is 230 Å². The van der Waals surface area contributed by atoms with Crippen molar-refractivity contribution < 1.29 is 24.4 Å². The number of hydrogen-bond acceptors (Lipinski definition) is 6. The molecule has 8 nitrogen and oxygen atoms in total. The molecule has 0 unspecified atom stereocenters. The molecule has 2 atom stereocenters. The van der Waals surface area contributed by atoms with Crippen LogP contribution in [0.15, 0.2) is 24.3 Å². The van der Waals surface area contributed by atoms with Gasteiger partial charge in [0.05, 0.1) is 11.0 Å². The maximum Gasteiger partial charge on any atom is 0.305 e. The predicted octanol–water partition coefficient (Wildman–Crippen LogP) is 6.94. The Bertz CT molecular complexity index is 792. The van der Waals surface area contributed by atoms with Crippen LogP contribution >= 0.6 is 23.2 Å². The number of nitrogens with zero attached hydrogens (tertiary/aromatic N) is 1. The van der Waals surface area contributed by atoms with Crippen molar-refractivity contribution in [1.29, 1.82) is 0 Å². The number of benzene rings is 1. The second kappa shape index (κ2) is 20.1. The number of unbranched alkanes of at least 4 members (excludes halogenated alkanes) is 12. The first-order chi connectivity index (χ1) is 17.8. The van der Waals surface area contributed by atoms with E-state index in [1.54, 1.807) is 0 Å². The molecule has 0 aliphatic carbocycles.